The van der Waals surface area contributed by atoms with E-state index in [1.807, 2.05) is 24.3 Å². The fourth-order valence-electron chi connectivity index (χ4n) is 4.28. The molecule has 0 bridgehead atoms. The van der Waals surface area contributed by atoms with Crippen LogP contribution in [0.2, 0.25) is 0 Å². The van der Waals surface area contributed by atoms with Crippen molar-refractivity contribution >= 4 is 51.5 Å². The lowest BCUT2D eigenvalue weighted by atomic mass is 9.79. The summed E-state index contributed by atoms with van der Waals surface area (Å²) in [7, 11) is -1.57. The maximum absolute atomic E-state index is 9.70. The lowest BCUT2D eigenvalue weighted by Gasteiger charge is -2.09. The zero-order valence-electron chi connectivity index (χ0n) is 17.0. The minimum absolute atomic E-state index is 0.374. The number of fused-ring (bicyclic) bond motifs is 4. The van der Waals surface area contributed by atoms with Crippen LogP contribution in [0.3, 0.4) is 0 Å². The highest BCUT2D eigenvalue weighted by Gasteiger charge is 2.20. The third-order valence-corrected chi connectivity index (χ3v) is 5.73. The molecular formula is C25H22BNO3. The highest BCUT2D eigenvalue weighted by atomic mass is 16.4. The summed E-state index contributed by atoms with van der Waals surface area (Å²) < 4.78 is 8.35. The maximum atomic E-state index is 9.70. The Hall–Kier alpha value is -3.28. The smallest absolute Gasteiger partial charge is 0.456 e. The number of aryl methyl sites for hydroxylation is 1. The van der Waals surface area contributed by atoms with E-state index in [0.717, 1.165) is 39.7 Å². The second kappa shape index (κ2) is 7.20. The van der Waals surface area contributed by atoms with E-state index in [0.29, 0.717) is 11.0 Å². The average Bonchev–Trinajstić information content (AvgIpc) is 3.26. The molecule has 0 atom stereocenters. The Morgan fingerprint density at radius 1 is 0.967 bits per heavy atom. The molecule has 0 unspecified atom stereocenters. The summed E-state index contributed by atoms with van der Waals surface area (Å²) in [6.07, 6.45) is 5.32. The summed E-state index contributed by atoms with van der Waals surface area (Å²) in [6, 6.07) is 20.0. The van der Waals surface area contributed by atoms with Gasteiger partial charge in [0, 0.05) is 39.1 Å². The Kier molecular flexibility index (Phi) is 4.50. The largest absolute Gasteiger partial charge is 0.492 e. The fraction of sp³-hybridized carbons (Fsp3) is 0.120. The standard InChI is InChI=1S/C25H22BNO3/c1-3-4-11-22-16(2)18-8-5-6-12-23(18)27(22)17-13-14-19-20-9-7-10-21(26(28)29)25(20)30-24(19)15-17/h4-15,28-29H,3H2,1-2H3/b11-4-. The van der Waals surface area contributed by atoms with Crippen molar-refractivity contribution < 1.29 is 14.5 Å². The maximum Gasteiger partial charge on any atom is 0.492 e. The van der Waals surface area contributed by atoms with Gasteiger partial charge in [0.15, 0.2) is 0 Å². The Morgan fingerprint density at radius 2 is 1.77 bits per heavy atom. The van der Waals surface area contributed by atoms with Gasteiger partial charge >= 0.3 is 7.12 Å². The van der Waals surface area contributed by atoms with Crippen LogP contribution in [0.15, 0.2) is 71.2 Å². The van der Waals surface area contributed by atoms with Crippen molar-refractivity contribution in [3.63, 3.8) is 0 Å². The Morgan fingerprint density at radius 3 is 2.57 bits per heavy atom. The van der Waals surface area contributed by atoms with Gasteiger partial charge in [-0.25, -0.2) is 0 Å². The van der Waals surface area contributed by atoms with Gasteiger partial charge in [0.1, 0.15) is 11.2 Å². The van der Waals surface area contributed by atoms with E-state index >= 15 is 0 Å². The molecule has 0 aliphatic heterocycles. The van der Waals surface area contributed by atoms with Gasteiger partial charge in [0.25, 0.3) is 0 Å². The second-order valence-electron chi connectivity index (χ2n) is 7.55. The van der Waals surface area contributed by atoms with Gasteiger partial charge in [-0.05, 0) is 43.2 Å². The zero-order chi connectivity index (χ0) is 20.8. The minimum atomic E-state index is -1.57. The molecule has 0 aliphatic rings. The summed E-state index contributed by atoms with van der Waals surface area (Å²) in [4.78, 5) is 0. The van der Waals surface area contributed by atoms with Crippen molar-refractivity contribution in [2.75, 3.05) is 0 Å². The molecule has 2 N–H and O–H groups in total. The van der Waals surface area contributed by atoms with Gasteiger partial charge in [-0.1, -0.05) is 49.4 Å². The van der Waals surface area contributed by atoms with Gasteiger partial charge in [-0.15, -0.1) is 0 Å². The van der Waals surface area contributed by atoms with E-state index in [4.69, 9.17) is 4.42 Å². The molecule has 0 aliphatic carbocycles. The summed E-state index contributed by atoms with van der Waals surface area (Å²) in [5, 5.41) is 22.5. The van der Waals surface area contributed by atoms with Crippen molar-refractivity contribution in [3.05, 3.63) is 78.0 Å². The van der Waals surface area contributed by atoms with Crippen LogP contribution < -0.4 is 5.46 Å². The molecule has 0 amide bonds. The van der Waals surface area contributed by atoms with Crippen LogP contribution in [-0.2, 0) is 0 Å². The van der Waals surface area contributed by atoms with Gasteiger partial charge in [0.2, 0.25) is 0 Å². The van der Waals surface area contributed by atoms with Crippen molar-refractivity contribution in [2.45, 2.75) is 20.3 Å². The van der Waals surface area contributed by atoms with E-state index in [2.05, 4.69) is 60.9 Å². The number of nitrogens with zero attached hydrogens (tertiary/aromatic N) is 1. The molecule has 0 saturated heterocycles. The van der Waals surface area contributed by atoms with Crippen LogP contribution in [-0.4, -0.2) is 21.7 Å². The fourth-order valence-corrected chi connectivity index (χ4v) is 4.28. The number of allylic oxidation sites excluding steroid dienone is 1. The first-order chi connectivity index (χ1) is 14.6. The quantitative estimate of drug-likeness (QED) is 0.424. The first-order valence-corrected chi connectivity index (χ1v) is 10.2. The molecule has 0 radical (unpaired) electrons. The van der Waals surface area contributed by atoms with E-state index in [1.54, 1.807) is 6.07 Å². The number of benzene rings is 3. The van der Waals surface area contributed by atoms with Crippen molar-refractivity contribution in [1.82, 2.24) is 4.57 Å². The van der Waals surface area contributed by atoms with Crippen molar-refractivity contribution in [3.8, 4) is 5.69 Å². The monoisotopic (exact) mass is 395 g/mol. The third kappa shape index (κ3) is 2.78. The topological polar surface area (TPSA) is 58.5 Å². The van der Waals surface area contributed by atoms with Crippen molar-refractivity contribution in [2.24, 2.45) is 0 Å². The first-order valence-electron chi connectivity index (χ1n) is 10.2. The van der Waals surface area contributed by atoms with Gasteiger partial charge in [-0.3, -0.25) is 0 Å². The van der Waals surface area contributed by atoms with Gasteiger partial charge in [0.05, 0.1) is 5.52 Å². The third-order valence-electron chi connectivity index (χ3n) is 5.73. The van der Waals surface area contributed by atoms with E-state index in [9.17, 15) is 10.0 Å². The van der Waals surface area contributed by atoms with E-state index < -0.39 is 7.12 Å². The molecule has 5 aromatic rings. The highest BCUT2D eigenvalue weighted by molar-refractivity contribution is 6.61. The number of aromatic nitrogens is 1. The molecule has 148 valence electrons. The van der Waals surface area contributed by atoms with Crippen molar-refractivity contribution in [1.29, 1.82) is 0 Å². The average molecular weight is 395 g/mol. The minimum Gasteiger partial charge on any atom is -0.456 e. The highest BCUT2D eigenvalue weighted by Crippen LogP contribution is 2.34. The van der Waals surface area contributed by atoms with Crippen LogP contribution in [0.1, 0.15) is 24.6 Å². The van der Waals surface area contributed by atoms with Crippen LogP contribution >= 0.6 is 0 Å². The molecule has 2 heterocycles. The Labute approximate surface area is 174 Å². The SMILES string of the molecule is CC/C=C\c1c(C)c2ccccc2n1-c1ccc2c(c1)oc1c(B(O)O)cccc12. The molecular weight excluding hydrogens is 373 g/mol. The van der Waals surface area contributed by atoms with Crippen LogP contribution in [0, 0.1) is 6.92 Å². The molecule has 4 nitrogen and oxygen atoms in total. The summed E-state index contributed by atoms with van der Waals surface area (Å²) in [5.41, 5.74) is 6.15. The van der Waals surface area contributed by atoms with Crippen LogP contribution in [0.4, 0.5) is 0 Å². The Balaban J connectivity index is 1.80. The number of rotatable bonds is 4. The lowest BCUT2D eigenvalue weighted by molar-refractivity contribution is 0.425. The van der Waals surface area contributed by atoms with Crippen LogP contribution in [0.25, 0.3) is 44.6 Å². The molecule has 0 saturated carbocycles. The Bertz CT molecular complexity index is 1430. The van der Waals surface area contributed by atoms with Crippen LogP contribution in [0.5, 0.6) is 0 Å². The second-order valence-corrected chi connectivity index (χ2v) is 7.55. The predicted molar refractivity (Wildman–Crippen MR) is 124 cm³/mol. The summed E-state index contributed by atoms with van der Waals surface area (Å²) in [6.45, 7) is 4.29. The number of hydrogen-bond donors (Lipinski definition) is 2. The molecule has 2 aromatic heterocycles. The number of furan rings is 1. The molecule has 0 fully saturated rings. The molecule has 0 spiro atoms. The molecule has 30 heavy (non-hydrogen) atoms. The van der Waals surface area contributed by atoms with E-state index in [1.165, 1.54) is 10.9 Å². The van der Waals surface area contributed by atoms with Gasteiger partial charge < -0.3 is 19.0 Å². The molecule has 3 aromatic carbocycles. The first kappa shape index (κ1) is 18.7. The van der Waals surface area contributed by atoms with Gasteiger partial charge in [-0.2, -0.15) is 0 Å². The lowest BCUT2D eigenvalue weighted by Crippen LogP contribution is -2.29. The number of para-hydroxylation sites is 2. The van der Waals surface area contributed by atoms with E-state index in [-0.39, 0.29) is 0 Å². The zero-order valence-corrected chi connectivity index (χ0v) is 17.0. The summed E-state index contributed by atoms with van der Waals surface area (Å²) in [5.74, 6) is 0. The predicted octanol–water partition coefficient (Wildman–Crippen LogP) is 4.94. The molecule has 5 heteroatoms. The number of hydrogen-bond acceptors (Lipinski definition) is 3. The normalized spacial score (nSPS) is 12.0. The molecule has 5 rings (SSSR count). The summed E-state index contributed by atoms with van der Waals surface area (Å²) >= 11 is 0.